The van der Waals surface area contributed by atoms with E-state index < -0.39 is 6.10 Å². The van der Waals surface area contributed by atoms with Crippen molar-refractivity contribution in [2.75, 3.05) is 14.1 Å². The highest BCUT2D eigenvalue weighted by molar-refractivity contribution is 5.21. The standard InChI is InChI=1S/C17H21NO/c1-18(2)16(13-14-9-5-3-6-10-14)17(19)15-11-7-4-8-12-15/h3-12,16-17,19H,13H2,1-2H3. The summed E-state index contributed by atoms with van der Waals surface area (Å²) in [5, 5.41) is 10.6. The molecule has 2 heteroatoms. The summed E-state index contributed by atoms with van der Waals surface area (Å²) >= 11 is 0. The summed E-state index contributed by atoms with van der Waals surface area (Å²) in [6.07, 6.45) is 0.362. The molecule has 1 N–H and O–H groups in total. The Kier molecular flexibility index (Phi) is 4.72. The van der Waals surface area contributed by atoms with Gasteiger partial charge in [0.05, 0.1) is 6.10 Å². The van der Waals surface area contributed by atoms with Crippen LogP contribution in [0.15, 0.2) is 60.7 Å². The van der Waals surface area contributed by atoms with Crippen LogP contribution in [0.1, 0.15) is 17.2 Å². The van der Waals surface area contributed by atoms with Crippen LogP contribution >= 0.6 is 0 Å². The van der Waals surface area contributed by atoms with Crippen LogP contribution in [0.4, 0.5) is 0 Å². The number of aliphatic hydroxyl groups excluding tert-OH is 1. The van der Waals surface area contributed by atoms with Gasteiger partial charge < -0.3 is 10.0 Å². The fraction of sp³-hybridized carbons (Fsp3) is 0.294. The quantitative estimate of drug-likeness (QED) is 0.888. The lowest BCUT2D eigenvalue weighted by molar-refractivity contribution is 0.0757. The van der Waals surface area contributed by atoms with E-state index in [9.17, 15) is 5.11 Å². The van der Waals surface area contributed by atoms with Gasteiger partial charge in [0.1, 0.15) is 0 Å². The maximum atomic E-state index is 10.6. The predicted molar refractivity (Wildman–Crippen MR) is 79.0 cm³/mol. The first-order valence-corrected chi connectivity index (χ1v) is 6.62. The van der Waals surface area contributed by atoms with Crippen LogP contribution in [0.5, 0.6) is 0 Å². The molecule has 2 nitrogen and oxygen atoms in total. The summed E-state index contributed by atoms with van der Waals surface area (Å²) in [6, 6.07) is 20.2. The minimum atomic E-state index is -0.476. The third kappa shape index (κ3) is 3.66. The maximum absolute atomic E-state index is 10.6. The molecule has 2 unspecified atom stereocenters. The van der Waals surface area contributed by atoms with Crippen LogP contribution in [0, 0.1) is 0 Å². The zero-order valence-electron chi connectivity index (χ0n) is 11.5. The Morgan fingerprint density at radius 1 is 0.895 bits per heavy atom. The van der Waals surface area contributed by atoms with Gasteiger partial charge in [-0.2, -0.15) is 0 Å². The predicted octanol–water partition coefficient (Wildman–Crippen LogP) is 2.89. The zero-order chi connectivity index (χ0) is 13.7. The van der Waals surface area contributed by atoms with E-state index in [1.54, 1.807) is 0 Å². The van der Waals surface area contributed by atoms with E-state index in [2.05, 4.69) is 17.0 Å². The van der Waals surface area contributed by atoms with Crippen molar-refractivity contribution in [1.29, 1.82) is 0 Å². The third-order valence-corrected chi connectivity index (χ3v) is 3.46. The average molecular weight is 255 g/mol. The minimum absolute atomic E-state index is 0.0739. The van der Waals surface area contributed by atoms with Crippen molar-refractivity contribution in [2.24, 2.45) is 0 Å². The largest absolute Gasteiger partial charge is 0.387 e. The van der Waals surface area contributed by atoms with Gasteiger partial charge >= 0.3 is 0 Å². The number of hydrogen-bond acceptors (Lipinski definition) is 2. The molecule has 0 aliphatic heterocycles. The molecule has 0 aliphatic rings. The lowest BCUT2D eigenvalue weighted by atomic mass is 9.95. The number of aliphatic hydroxyl groups is 1. The van der Waals surface area contributed by atoms with Gasteiger partial charge in [0.25, 0.3) is 0 Å². The molecule has 100 valence electrons. The van der Waals surface area contributed by atoms with E-state index >= 15 is 0 Å². The highest BCUT2D eigenvalue weighted by atomic mass is 16.3. The maximum Gasteiger partial charge on any atom is 0.0948 e. The van der Waals surface area contributed by atoms with Gasteiger partial charge in [-0.3, -0.25) is 0 Å². The van der Waals surface area contributed by atoms with Crippen molar-refractivity contribution in [1.82, 2.24) is 4.90 Å². The smallest absolute Gasteiger partial charge is 0.0948 e. The van der Waals surface area contributed by atoms with Gasteiger partial charge in [0, 0.05) is 6.04 Å². The second-order valence-corrected chi connectivity index (χ2v) is 5.08. The second-order valence-electron chi connectivity index (χ2n) is 5.08. The Labute approximate surface area is 115 Å². The summed E-state index contributed by atoms with van der Waals surface area (Å²) in [5.74, 6) is 0. The minimum Gasteiger partial charge on any atom is -0.387 e. The number of nitrogens with zero attached hydrogens (tertiary/aromatic N) is 1. The Balaban J connectivity index is 2.17. The first kappa shape index (κ1) is 13.8. The van der Waals surface area contributed by atoms with Crippen molar-refractivity contribution in [2.45, 2.75) is 18.6 Å². The number of hydrogen-bond donors (Lipinski definition) is 1. The molecule has 0 saturated heterocycles. The highest BCUT2D eigenvalue weighted by Gasteiger charge is 2.22. The van der Waals surface area contributed by atoms with Gasteiger partial charge in [-0.25, -0.2) is 0 Å². The fourth-order valence-electron chi connectivity index (χ4n) is 2.30. The van der Waals surface area contributed by atoms with Crippen LogP contribution in [0.25, 0.3) is 0 Å². The van der Waals surface area contributed by atoms with E-state index in [0.29, 0.717) is 0 Å². The fourth-order valence-corrected chi connectivity index (χ4v) is 2.30. The lowest BCUT2D eigenvalue weighted by Gasteiger charge is -2.29. The van der Waals surface area contributed by atoms with Crippen molar-refractivity contribution >= 4 is 0 Å². The van der Waals surface area contributed by atoms with Crippen molar-refractivity contribution in [3.63, 3.8) is 0 Å². The van der Waals surface area contributed by atoms with Crippen molar-refractivity contribution < 1.29 is 5.11 Å². The van der Waals surface area contributed by atoms with E-state index in [1.165, 1.54) is 5.56 Å². The van der Waals surface area contributed by atoms with Gasteiger partial charge in [0.2, 0.25) is 0 Å². The van der Waals surface area contributed by atoms with Gasteiger partial charge in [-0.05, 0) is 31.6 Å². The summed E-state index contributed by atoms with van der Waals surface area (Å²) < 4.78 is 0. The van der Waals surface area contributed by atoms with Crippen molar-refractivity contribution in [3.8, 4) is 0 Å². The topological polar surface area (TPSA) is 23.5 Å². The number of rotatable bonds is 5. The summed E-state index contributed by atoms with van der Waals surface area (Å²) in [6.45, 7) is 0. The summed E-state index contributed by atoms with van der Waals surface area (Å²) in [4.78, 5) is 2.09. The molecule has 2 rings (SSSR count). The van der Waals surface area contributed by atoms with Gasteiger partial charge in [-0.1, -0.05) is 60.7 Å². The Morgan fingerprint density at radius 3 is 1.95 bits per heavy atom. The summed E-state index contributed by atoms with van der Waals surface area (Å²) in [7, 11) is 4.03. The normalized spacial score (nSPS) is 14.3. The molecule has 19 heavy (non-hydrogen) atoms. The van der Waals surface area contributed by atoms with E-state index in [4.69, 9.17) is 0 Å². The first-order chi connectivity index (χ1) is 9.18. The molecule has 0 fully saturated rings. The monoisotopic (exact) mass is 255 g/mol. The molecule has 2 aromatic carbocycles. The molecule has 0 aromatic heterocycles. The number of benzene rings is 2. The molecule has 0 bridgehead atoms. The van der Waals surface area contributed by atoms with Crippen molar-refractivity contribution in [3.05, 3.63) is 71.8 Å². The van der Waals surface area contributed by atoms with Gasteiger partial charge in [0.15, 0.2) is 0 Å². The molecule has 0 saturated carbocycles. The second kappa shape index (κ2) is 6.50. The molecular weight excluding hydrogens is 234 g/mol. The molecule has 0 spiro atoms. The van der Waals surface area contributed by atoms with Crippen LogP contribution < -0.4 is 0 Å². The number of likely N-dealkylation sites (N-methyl/N-ethyl adjacent to an activating group) is 1. The molecular formula is C17H21NO. The molecule has 0 radical (unpaired) electrons. The first-order valence-electron chi connectivity index (χ1n) is 6.62. The molecule has 0 aliphatic carbocycles. The van der Waals surface area contributed by atoms with E-state index in [0.717, 1.165) is 12.0 Å². The van der Waals surface area contributed by atoms with E-state index in [-0.39, 0.29) is 6.04 Å². The zero-order valence-corrected chi connectivity index (χ0v) is 11.5. The SMILES string of the molecule is CN(C)C(Cc1ccccc1)C(O)c1ccccc1. The van der Waals surface area contributed by atoms with E-state index in [1.807, 2.05) is 62.6 Å². The van der Waals surface area contributed by atoms with Crippen LogP contribution in [-0.4, -0.2) is 30.1 Å². The molecule has 2 aromatic rings. The van der Waals surface area contributed by atoms with Gasteiger partial charge in [-0.15, -0.1) is 0 Å². The third-order valence-electron chi connectivity index (χ3n) is 3.46. The average Bonchev–Trinajstić information content (AvgIpc) is 2.46. The molecule has 0 heterocycles. The lowest BCUT2D eigenvalue weighted by Crippen LogP contribution is -2.35. The van der Waals surface area contributed by atoms with Crippen LogP contribution in [0.3, 0.4) is 0 Å². The Hall–Kier alpha value is -1.64. The molecule has 0 amide bonds. The Bertz CT molecular complexity index is 481. The van der Waals surface area contributed by atoms with Crippen LogP contribution in [0.2, 0.25) is 0 Å². The summed E-state index contributed by atoms with van der Waals surface area (Å²) in [5.41, 5.74) is 2.22. The highest BCUT2D eigenvalue weighted by Crippen LogP contribution is 2.22. The van der Waals surface area contributed by atoms with Crippen LogP contribution in [-0.2, 0) is 6.42 Å². The molecule has 2 atom stereocenters. The Morgan fingerprint density at radius 2 is 1.42 bits per heavy atom.